The van der Waals surface area contributed by atoms with Gasteiger partial charge in [-0.2, -0.15) is 0 Å². The van der Waals surface area contributed by atoms with Crippen LogP contribution in [0.5, 0.6) is 0 Å². The molecule has 0 radical (unpaired) electrons. The van der Waals surface area contributed by atoms with E-state index in [-0.39, 0.29) is 11.5 Å². The molecule has 0 aliphatic heterocycles. The van der Waals surface area contributed by atoms with E-state index in [2.05, 4.69) is 30.4 Å². The van der Waals surface area contributed by atoms with E-state index in [1.54, 1.807) is 6.07 Å². The van der Waals surface area contributed by atoms with Gasteiger partial charge in [-0.3, -0.25) is 14.5 Å². The summed E-state index contributed by atoms with van der Waals surface area (Å²) in [6.07, 6.45) is 0. The number of para-hydroxylation sites is 2. The first-order valence-corrected chi connectivity index (χ1v) is 10.3. The Morgan fingerprint density at radius 3 is 2.63 bits per heavy atom. The van der Waals surface area contributed by atoms with Crippen molar-refractivity contribution in [2.24, 2.45) is 0 Å². The van der Waals surface area contributed by atoms with Crippen LogP contribution in [0.15, 0.2) is 59.4 Å². The number of rotatable bonds is 7. The van der Waals surface area contributed by atoms with Crippen molar-refractivity contribution in [1.29, 1.82) is 0 Å². The van der Waals surface area contributed by atoms with E-state index in [1.165, 1.54) is 11.3 Å². The fourth-order valence-electron chi connectivity index (χ4n) is 3.01. The van der Waals surface area contributed by atoms with Gasteiger partial charge in [0.1, 0.15) is 10.8 Å². The topological polar surface area (TPSA) is 104 Å². The van der Waals surface area contributed by atoms with Gasteiger partial charge in [0.2, 0.25) is 5.01 Å². The maximum atomic E-state index is 12.4. The molecule has 2 heterocycles. The van der Waals surface area contributed by atoms with Crippen molar-refractivity contribution in [3.05, 3.63) is 80.8 Å². The lowest BCUT2D eigenvalue weighted by atomic mass is 10.2. The molecule has 0 fully saturated rings. The fraction of sp³-hybridized carbons (Fsp3) is 0.190. The van der Waals surface area contributed by atoms with E-state index in [9.17, 15) is 9.59 Å². The molecule has 0 saturated heterocycles. The number of carbonyl (C=O) groups is 1. The van der Waals surface area contributed by atoms with Gasteiger partial charge in [-0.1, -0.05) is 48.6 Å². The lowest BCUT2D eigenvalue weighted by Crippen LogP contribution is -2.25. The molecular weight excluding hydrogens is 400 g/mol. The molecule has 0 aliphatic carbocycles. The highest BCUT2D eigenvalue weighted by molar-refractivity contribution is 7.13. The Hall–Kier alpha value is -3.43. The normalized spacial score (nSPS) is 11.1. The van der Waals surface area contributed by atoms with Crippen LogP contribution in [0.1, 0.15) is 27.6 Å². The molecule has 4 rings (SSSR count). The van der Waals surface area contributed by atoms with Gasteiger partial charge < -0.3 is 10.3 Å². The number of hydrogen-bond donors (Lipinski definition) is 2. The number of H-pyrrole nitrogens is 1. The van der Waals surface area contributed by atoms with Crippen LogP contribution in [0, 0.1) is 0 Å². The second-order valence-electron chi connectivity index (χ2n) is 6.65. The van der Waals surface area contributed by atoms with Crippen molar-refractivity contribution in [3.8, 4) is 0 Å². The van der Waals surface area contributed by atoms with Crippen molar-refractivity contribution >= 4 is 33.8 Å². The zero-order valence-electron chi connectivity index (χ0n) is 16.3. The van der Waals surface area contributed by atoms with Crippen LogP contribution in [0.2, 0.25) is 0 Å². The monoisotopic (exact) mass is 420 g/mol. The smallest absolute Gasteiger partial charge is 0.286 e. The number of carbonyl (C=O) groups excluding carboxylic acids is 1. The number of benzene rings is 2. The maximum absolute atomic E-state index is 12.4. The first-order chi connectivity index (χ1) is 14.6. The Morgan fingerprint density at radius 1 is 1.07 bits per heavy atom. The molecule has 2 N–H and O–H groups in total. The Kier molecular flexibility index (Phi) is 5.92. The minimum Gasteiger partial charge on any atom is -0.320 e. The molecule has 1 amide bonds. The number of anilines is 1. The lowest BCUT2D eigenvalue weighted by molar-refractivity contribution is 0.102. The predicted octanol–water partition coefficient (Wildman–Crippen LogP) is 3.05. The van der Waals surface area contributed by atoms with Gasteiger partial charge in [0.15, 0.2) is 0 Å². The average Bonchev–Trinajstić information content (AvgIpc) is 3.23. The number of nitrogens with one attached hydrogen (secondary N) is 2. The van der Waals surface area contributed by atoms with Gasteiger partial charge in [0, 0.05) is 5.69 Å². The molecular formula is C21H20N6O2S. The third-order valence-electron chi connectivity index (χ3n) is 4.53. The molecule has 4 aromatic rings. The van der Waals surface area contributed by atoms with E-state index in [0.29, 0.717) is 40.5 Å². The second kappa shape index (κ2) is 8.93. The molecule has 0 saturated carbocycles. The summed E-state index contributed by atoms with van der Waals surface area (Å²) in [5.41, 5.74) is 1.23. The molecule has 0 spiro atoms. The molecule has 2 aromatic heterocycles. The highest BCUT2D eigenvalue weighted by atomic mass is 32.1. The molecule has 152 valence electrons. The summed E-state index contributed by atoms with van der Waals surface area (Å²) in [6.45, 7) is 3.70. The fourth-order valence-corrected chi connectivity index (χ4v) is 3.79. The second-order valence-corrected chi connectivity index (χ2v) is 7.72. The van der Waals surface area contributed by atoms with Gasteiger partial charge in [0.25, 0.3) is 11.5 Å². The predicted molar refractivity (Wildman–Crippen MR) is 116 cm³/mol. The van der Waals surface area contributed by atoms with E-state index >= 15 is 0 Å². The molecule has 0 atom stereocenters. The first-order valence-electron chi connectivity index (χ1n) is 9.51. The Morgan fingerprint density at radius 2 is 1.83 bits per heavy atom. The molecule has 0 bridgehead atoms. The van der Waals surface area contributed by atoms with Crippen LogP contribution in [-0.4, -0.2) is 37.5 Å². The number of fused-ring (bicyclic) bond motifs is 1. The molecule has 0 unspecified atom stereocenters. The SMILES string of the molecule is CCN(Cc1nc2ccccc2c(=O)[nH]1)Cc1nnc(C(=O)Nc2ccccc2)s1. The van der Waals surface area contributed by atoms with Crippen molar-refractivity contribution < 1.29 is 4.79 Å². The lowest BCUT2D eigenvalue weighted by Gasteiger charge is -2.18. The third-order valence-corrected chi connectivity index (χ3v) is 5.44. The van der Waals surface area contributed by atoms with Crippen LogP contribution < -0.4 is 10.9 Å². The highest BCUT2D eigenvalue weighted by Gasteiger charge is 2.16. The van der Waals surface area contributed by atoms with Crippen LogP contribution in [0.25, 0.3) is 10.9 Å². The van der Waals surface area contributed by atoms with E-state index in [1.807, 2.05) is 55.5 Å². The van der Waals surface area contributed by atoms with Gasteiger partial charge in [-0.25, -0.2) is 4.98 Å². The van der Waals surface area contributed by atoms with Gasteiger partial charge in [0.05, 0.1) is 24.0 Å². The minimum absolute atomic E-state index is 0.151. The Labute approximate surface area is 176 Å². The number of amides is 1. The van der Waals surface area contributed by atoms with Gasteiger partial charge in [-0.05, 0) is 30.8 Å². The number of hydrogen-bond acceptors (Lipinski definition) is 7. The van der Waals surface area contributed by atoms with Crippen LogP contribution in [0.4, 0.5) is 5.69 Å². The van der Waals surface area contributed by atoms with Crippen LogP contribution in [-0.2, 0) is 13.1 Å². The molecule has 30 heavy (non-hydrogen) atoms. The third kappa shape index (κ3) is 4.58. The Bertz CT molecular complexity index is 1220. The first kappa shape index (κ1) is 19.9. The van der Waals surface area contributed by atoms with Crippen molar-refractivity contribution in [2.45, 2.75) is 20.0 Å². The summed E-state index contributed by atoms with van der Waals surface area (Å²) < 4.78 is 0. The minimum atomic E-state index is -0.284. The van der Waals surface area contributed by atoms with E-state index in [0.717, 1.165) is 11.6 Å². The number of nitrogens with zero attached hydrogens (tertiary/aromatic N) is 4. The molecule has 0 aliphatic rings. The average molecular weight is 420 g/mol. The van der Waals surface area contributed by atoms with Crippen molar-refractivity contribution in [1.82, 2.24) is 25.1 Å². The van der Waals surface area contributed by atoms with E-state index < -0.39 is 0 Å². The molecule has 8 nitrogen and oxygen atoms in total. The van der Waals surface area contributed by atoms with Crippen molar-refractivity contribution in [2.75, 3.05) is 11.9 Å². The quantitative estimate of drug-likeness (QED) is 0.476. The van der Waals surface area contributed by atoms with Crippen molar-refractivity contribution in [3.63, 3.8) is 0 Å². The van der Waals surface area contributed by atoms with Crippen LogP contribution >= 0.6 is 11.3 Å². The van der Waals surface area contributed by atoms with E-state index in [4.69, 9.17) is 0 Å². The van der Waals surface area contributed by atoms with Crippen LogP contribution in [0.3, 0.4) is 0 Å². The molecule has 9 heteroatoms. The number of aromatic nitrogens is 4. The molecule has 2 aromatic carbocycles. The summed E-state index contributed by atoms with van der Waals surface area (Å²) in [5, 5.41) is 12.6. The van der Waals surface area contributed by atoms with Gasteiger partial charge in [-0.15, -0.1) is 10.2 Å². The summed E-state index contributed by atoms with van der Waals surface area (Å²) in [6, 6.07) is 16.5. The summed E-state index contributed by atoms with van der Waals surface area (Å²) in [7, 11) is 0. The standard InChI is InChI=1S/C21H20N6O2S/c1-2-27(12-17-23-16-11-7-6-10-15(16)19(28)24-17)13-18-25-26-21(30-18)20(29)22-14-8-4-3-5-9-14/h3-11H,2,12-13H2,1H3,(H,22,29)(H,23,24,28). The van der Waals surface area contributed by atoms with Gasteiger partial charge >= 0.3 is 0 Å². The number of aromatic amines is 1. The summed E-state index contributed by atoms with van der Waals surface area (Å²) in [4.78, 5) is 34.1. The zero-order chi connectivity index (χ0) is 20.9. The maximum Gasteiger partial charge on any atom is 0.286 e. The Balaban J connectivity index is 1.44. The zero-order valence-corrected chi connectivity index (χ0v) is 17.1. The summed E-state index contributed by atoms with van der Waals surface area (Å²) in [5.74, 6) is 0.306. The summed E-state index contributed by atoms with van der Waals surface area (Å²) >= 11 is 1.25. The largest absolute Gasteiger partial charge is 0.320 e. The highest BCUT2D eigenvalue weighted by Crippen LogP contribution is 2.16.